The molecular weight excluding hydrogens is 328 g/mol. The molecule has 5 rings (SSSR count). The van der Waals surface area contributed by atoms with Crippen molar-refractivity contribution >= 4 is 27.5 Å². The van der Waals surface area contributed by atoms with Gasteiger partial charge in [0.05, 0.1) is 5.56 Å². The van der Waals surface area contributed by atoms with Crippen molar-refractivity contribution in [3.8, 4) is 0 Å². The van der Waals surface area contributed by atoms with Crippen molar-refractivity contribution in [3.05, 3.63) is 28.2 Å². The van der Waals surface area contributed by atoms with Crippen molar-refractivity contribution in [3.63, 3.8) is 0 Å². The average molecular weight is 349 g/mol. The number of anilines is 1. The first-order chi connectivity index (χ1) is 10.0. The number of hydrogen-bond donors (Lipinski definition) is 2. The van der Waals surface area contributed by atoms with Gasteiger partial charge in [-0.3, -0.25) is 4.79 Å². The number of carbonyl (C=O) groups excluding carboxylic acids is 1. The van der Waals surface area contributed by atoms with E-state index in [0.717, 1.165) is 22.2 Å². The second-order valence-electron chi connectivity index (χ2n) is 7.38. The number of hydrogen-bond acceptors (Lipinski definition) is 2. The van der Waals surface area contributed by atoms with Gasteiger partial charge in [-0.2, -0.15) is 0 Å². The van der Waals surface area contributed by atoms with Gasteiger partial charge >= 0.3 is 0 Å². The maximum absolute atomic E-state index is 12.7. The Bertz CT molecular complexity index is 563. The van der Waals surface area contributed by atoms with E-state index in [4.69, 9.17) is 5.73 Å². The van der Waals surface area contributed by atoms with Crippen LogP contribution >= 0.6 is 15.9 Å². The summed E-state index contributed by atoms with van der Waals surface area (Å²) in [6.45, 7) is 0. The highest BCUT2D eigenvalue weighted by Gasteiger charge is 2.51. The Balaban J connectivity index is 1.58. The van der Waals surface area contributed by atoms with E-state index in [1.165, 1.54) is 38.5 Å². The minimum atomic E-state index is -0.00394. The van der Waals surface area contributed by atoms with Crippen LogP contribution in [0.3, 0.4) is 0 Å². The van der Waals surface area contributed by atoms with Crippen molar-refractivity contribution in [1.29, 1.82) is 0 Å². The van der Waals surface area contributed by atoms with Crippen LogP contribution in [0.1, 0.15) is 48.9 Å². The largest absolute Gasteiger partial charge is 0.398 e. The molecule has 1 aromatic rings. The van der Waals surface area contributed by atoms with Crippen LogP contribution in [-0.2, 0) is 0 Å². The summed E-state index contributed by atoms with van der Waals surface area (Å²) in [5.74, 6) is 2.49. The molecule has 1 amide bonds. The molecule has 4 bridgehead atoms. The molecule has 0 spiro atoms. The molecule has 3 N–H and O–H groups in total. The van der Waals surface area contributed by atoms with Crippen molar-refractivity contribution in [1.82, 2.24) is 5.32 Å². The Morgan fingerprint density at radius 3 is 2.29 bits per heavy atom. The van der Waals surface area contributed by atoms with Gasteiger partial charge in [-0.1, -0.05) is 15.9 Å². The number of nitrogens with one attached hydrogen (secondary N) is 1. The minimum Gasteiger partial charge on any atom is -0.398 e. The lowest BCUT2D eigenvalue weighted by Crippen LogP contribution is -2.59. The third-order valence-electron chi connectivity index (χ3n) is 5.68. The monoisotopic (exact) mass is 348 g/mol. The minimum absolute atomic E-state index is 0.00394. The van der Waals surface area contributed by atoms with Gasteiger partial charge in [0.2, 0.25) is 0 Å². The molecule has 4 aliphatic carbocycles. The summed E-state index contributed by atoms with van der Waals surface area (Å²) in [6, 6.07) is 5.49. The van der Waals surface area contributed by atoms with Crippen molar-refractivity contribution in [2.75, 3.05) is 5.73 Å². The summed E-state index contributed by atoms with van der Waals surface area (Å²) >= 11 is 3.42. The highest BCUT2D eigenvalue weighted by atomic mass is 79.9. The summed E-state index contributed by atoms with van der Waals surface area (Å²) in [4.78, 5) is 12.7. The van der Waals surface area contributed by atoms with Crippen LogP contribution in [0.15, 0.2) is 22.7 Å². The molecule has 0 saturated heterocycles. The van der Waals surface area contributed by atoms with Gasteiger partial charge in [-0.25, -0.2) is 0 Å². The third kappa shape index (κ3) is 2.37. The maximum Gasteiger partial charge on any atom is 0.253 e. The van der Waals surface area contributed by atoms with Crippen molar-refractivity contribution in [2.45, 2.75) is 44.1 Å². The van der Waals surface area contributed by atoms with Gasteiger partial charge in [-0.15, -0.1) is 0 Å². The predicted molar refractivity (Wildman–Crippen MR) is 86.9 cm³/mol. The summed E-state index contributed by atoms with van der Waals surface area (Å²) in [5, 5.41) is 3.37. The van der Waals surface area contributed by atoms with Crippen molar-refractivity contribution in [2.24, 2.45) is 17.8 Å². The van der Waals surface area contributed by atoms with E-state index in [2.05, 4.69) is 21.2 Å². The summed E-state index contributed by atoms with van der Waals surface area (Å²) in [5.41, 5.74) is 7.17. The molecule has 1 aromatic carbocycles. The average Bonchev–Trinajstić information content (AvgIpc) is 2.39. The fraction of sp³-hybridized carbons (Fsp3) is 0.588. The summed E-state index contributed by atoms with van der Waals surface area (Å²) in [6.07, 6.45) is 7.65. The van der Waals surface area contributed by atoms with Crippen LogP contribution in [0.25, 0.3) is 0 Å². The van der Waals surface area contributed by atoms with Crippen LogP contribution in [0.5, 0.6) is 0 Å². The van der Waals surface area contributed by atoms with E-state index in [9.17, 15) is 4.79 Å². The Hall–Kier alpha value is -1.03. The highest BCUT2D eigenvalue weighted by molar-refractivity contribution is 9.10. The molecule has 4 heteroatoms. The van der Waals surface area contributed by atoms with E-state index in [0.29, 0.717) is 11.3 Å². The first kappa shape index (κ1) is 13.6. The third-order valence-corrected chi connectivity index (χ3v) is 6.17. The number of amides is 1. The van der Waals surface area contributed by atoms with Gasteiger partial charge in [0.1, 0.15) is 0 Å². The Labute approximate surface area is 133 Å². The molecule has 4 aliphatic rings. The standard InChI is InChI=1S/C17H21BrN2O/c18-13-1-2-15(19)14(6-13)16(21)20-17-7-10-3-11(8-17)5-12(4-10)9-17/h1-2,6,10-12H,3-5,7-9,19H2,(H,20,21). The normalized spacial score (nSPS) is 36.7. The topological polar surface area (TPSA) is 55.1 Å². The summed E-state index contributed by atoms with van der Waals surface area (Å²) in [7, 11) is 0. The maximum atomic E-state index is 12.7. The van der Waals surface area contributed by atoms with E-state index in [-0.39, 0.29) is 11.4 Å². The Morgan fingerprint density at radius 1 is 1.14 bits per heavy atom. The second kappa shape index (κ2) is 4.73. The van der Waals surface area contributed by atoms with Gasteiger partial charge < -0.3 is 11.1 Å². The number of nitrogen functional groups attached to an aromatic ring is 1. The lowest BCUT2D eigenvalue weighted by Gasteiger charge is -2.56. The number of carbonyl (C=O) groups is 1. The molecule has 0 aliphatic heterocycles. The molecule has 0 atom stereocenters. The Morgan fingerprint density at radius 2 is 1.71 bits per heavy atom. The van der Waals surface area contributed by atoms with E-state index < -0.39 is 0 Å². The van der Waals surface area contributed by atoms with Gasteiger partial charge in [0.15, 0.2) is 0 Å². The van der Waals surface area contributed by atoms with Crippen LogP contribution in [0.2, 0.25) is 0 Å². The molecule has 0 radical (unpaired) electrons. The first-order valence-corrected chi connectivity index (χ1v) is 8.70. The zero-order valence-electron chi connectivity index (χ0n) is 12.1. The number of rotatable bonds is 2. The molecule has 4 fully saturated rings. The smallest absolute Gasteiger partial charge is 0.253 e. The first-order valence-electron chi connectivity index (χ1n) is 7.90. The zero-order valence-corrected chi connectivity index (χ0v) is 13.7. The van der Waals surface area contributed by atoms with E-state index >= 15 is 0 Å². The quantitative estimate of drug-likeness (QED) is 0.800. The molecule has 3 nitrogen and oxygen atoms in total. The molecule has 4 saturated carbocycles. The fourth-order valence-corrected chi connectivity index (χ4v) is 5.66. The highest BCUT2D eigenvalue weighted by Crippen LogP contribution is 2.55. The SMILES string of the molecule is Nc1ccc(Br)cc1C(=O)NC12CC3CC(CC(C3)C1)C2. The zero-order chi connectivity index (χ0) is 14.6. The molecule has 21 heavy (non-hydrogen) atoms. The predicted octanol–water partition coefficient (Wildman–Crippen LogP) is 3.73. The molecular formula is C17H21BrN2O. The van der Waals surface area contributed by atoms with Crippen LogP contribution in [0.4, 0.5) is 5.69 Å². The molecule has 0 heterocycles. The van der Waals surface area contributed by atoms with E-state index in [1.54, 1.807) is 6.07 Å². The van der Waals surface area contributed by atoms with Gasteiger partial charge in [-0.05, 0) is 74.5 Å². The molecule has 112 valence electrons. The summed E-state index contributed by atoms with van der Waals surface area (Å²) < 4.78 is 0.896. The number of halogens is 1. The van der Waals surface area contributed by atoms with Crippen molar-refractivity contribution < 1.29 is 4.79 Å². The van der Waals surface area contributed by atoms with Crippen LogP contribution in [0, 0.1) is 17.8 Å². The van der Waals surface area contributed by atoms with Crippen LogP contribution < -0.4 is 11.1 Å². The molecule has 0 aromatic heterocycles. The fourth-order valence-electron chi connectivity index (χ4n) is 5.30. The lowest BCUT2D eigenvalue weighted by atomic mass is 9.53. The number of nitrogens with two attached hydrogens (primary N) is 1. The number of benzene rings is 1. The Kier molecular flexibility index (Phi) is 3.07. The van der Waals surface area contributed by atoms with Gasteiger partial charge in [0.25, 0.3) is 5.91 Å². The van der Waals surface area contributed by atoms with Gasteiger partial charge in [0, 0.05) is 15.7 Å². The second-order valence-corrected chi connectivity index (χ2v) is 8.30. The van der Waals surface area contributed by atoms with Crippen LogP contribution in [-0.4, -0.2) is 11.4 Å². The van der Waals surface area contributed by atoms with E-state index in [1.807, 2.05) is 12.1 Å². The lowest BCUT2D eigenvalue weighted by molar-refractivity contribution is -0.0166. The molecule has 0 unspecified atom stereocenters.